The molecule has 3 fully saturated rings. The third kappa shape index (κ3) is 3.32. The zero-order valence-electron chi connectivity index (χ0n) is 20.7. The van der Waals surface area contributed by atoms with Crippen LogP contribution >= 0.6 is 0 Å². The number of nitrogens with zero attached hydrogens (tertiary/aromatic N) is 4. The maximum absolute atomic E-state index is 13.7. The molecule has 0 spiro atoms. The fraction of sp³-hybridized carbons (Fsp3) is 0.846. The Hall–Kier alpha value is -1.81. The number of fused-ring (bicyclic) bond motifs is 5. The number of hydrogen-bond acceptors (Lipinski definition) is 3. The Bertz CT molecular complexity index is 878. The summed E-state index contributed by atoms with van der Waals surface area (Å²) in [6.45, 7) is 13.2. The van der Waals surface area contributed by atoms with E-state index in [1.54, 1.807) is 0 Å². The summed E-state index contributed by atoms with van der Waals surface area (Å²) < 4.78 is 0. The molecule has 4 aliphatic rings. The molecule has 6 atom stereocenters. The van der Waals surface area contributed by atoms with Crippen LogP contribution in [0.3, 0.4) is 0 Å². The smallest absolute Gasteiger partial charge is 0.226 e. The number of rotatable bonds is 4. The molecule has 176 valence electrons. The number of amides is 1. The molecule has 0 saturated heterocycles. The quantitative estimate of drug-likeness (QED) is 0.287. The molecule has 0 aromatic heterocycles. The molecule has 4 aliphatic carbocycles. The van der Waals surface area contributed by atoms with Crippen molar-refractivity contribution in [1.29, 1.82) is 0 Å². The summed E-state index contributed by atoms with van der Waals surface area (Å²) in [7, 11) is 0. The van der Waals surface area contributed by atoms with Gasteiger partial charge in [0.15, 0.2) is 5.78 Å². The summed E-state index contributed by atoms with van der Waals surface area (Å²) >= 11 is 0. The van der Waals surface area contributed by atoms with Crippen molar-refractivity contribution in [3.8, 4) is 0 Å². The molecule has 0 heterocycles. The highest BCUT2D eigenvalue weighted by Crippen LogP contribution is 2.67. The topological polar surface area (TPSA) is 86.1 Å². The van der Waals surface area contributed by atoms with Crippen molar-refractivity contribution < 1.29 is 9.59 Å². The summed E-state index contributed by atoms with van der Waals surface area (Å²) in [5.74, 6) is 2.16. The monoisotopic (exact) mass is 440 g/mol. The average molecular weight is 441 g/mol. The van der Waals surface area contributed by atoms with Crippen LogP contribution in [0.1, 0.15) is 92.9 Å². The van der Waals surface area contributed by atoms with E-state index in [0.717, 1.165) is 50.5 Å². The number of carbonyl (C=O) groups excluding carboxylic acids is 2. The molecule has 0 radical (unpaired) electrons. The van der Waals surface area contributed by atoms with Gasteiger partial charge in [0.2, 0.25) is 5.91 Å². The first-order chi connectivity index (χ1) is 15.1. The van der Waals surface area contributed by atoms with Crippen LogP contribution in [0.5, 0.6) is 0 Å². The minimum atomic E-state index is -0.0499. The van der Waals surface area contributed by atoms with E-state index in [2.05, 4.69) is 56.5 Å². The Morgan fingerprint density at radius 1 is 1.03 bits per heavy atom. The van der Waals surface area contributed by atoms with E-state index < -0.39 is 0 Å². The van der Waals surface area contributed by atoms with Crippen molar-refractivity contribution in [3.05, 3.63) is 21.7 Å². The molecule has 32 heavy (non-hydrogen) atoms. The lowest BCUT2D eigenvalue weighted by Crippen LogP contribution is -2.53. The van der Waals surface area contributed by atoms with Gasteiger partial charge in [-0.25, -0.2) is 0 Å². The molecule has 4 rings (SSSR count). The Balaban J connectivity index is 1.64. The number of carbonyl (C=O) groups is 2. The van der Waals surface area contributed by atoms with Crippen molar-refractivity contribution in [2.45, 2.75) is 105 Å². The Morgan fingerprint density at radius 3 is 2.34 bits per heavy atom. The van der Waals surface area contributed by atoms with Crippen molar-refractivity contribution in [3.63, 3.8) is 0 Å². The van der Waals surface area contributed by atoms with Gasteiger partial charge in [0.1, 0.15) is 0 Å². The van der Waals surface area contributed by atoms with Gasteiger partial charge in [-0.05, 0) is 107 Å². The average Bonchev–Trinajstić information content (AvgIpc) is 3.07. The molecule has 1 amide bonds. The molecule has 0 N–H and O–H groups in total. The highest BCUT2D eigenvalue weighted by atomic mass is 16.2. The second-order valence-electron chi connectivity index (χ2n) is 11.9. The predicted octanol–water partition coefficient (Wildman–Crippen LogP) is 6.42. The Morgan fingerprint density at radius 2 is 1.72 bits per heavy atom. The third-order valence-corrected chi connectivity index (χ3v) is 9.90. The summed E-state index contributed by atoms with van der Waals surface area (Å²) in [4.78, 5) is 31.3. The lowest BCUT2D eigenvalue weighted by molar-refractivity contribution is -0.146. The highest BCUT2D eigenvalue weighted by Gasteiger charge is 2.61. The lowest BCUT2D eigenvalue weighted by atomic mass is 9.46. The number of Topliss-reactive ketones (excluding diaryl/α,β-unsaturated/α-hetero) is 1. The van der Waals surface area contributed by atoms with Gasteiger partial charge in [0.05, 0.1) is 5.70 Å². The van der Waals surface area contributed by atoms with Gasteiger partial charge >= 0.3 is 0 Å². The molecule has 0 aromatic carbocycles. The molecular formula is C26H40N4O2. The second kappa shape index (κ2) is 8.20. The van der Waals surface area contributed by atoms with Gasteiger partial charge in [-0.2, -0.15) is 0 Å². The first-order valence-corrected chi connectivity index (χ1v) is 12.7. The lowest BCUT2D eigenvalue weighted by Gasteiger charge is -2.58. The van der Waals surface area contributed by atoms with Crippen LogP contribution in [-0.2, 0) is 9.59 Å². The summed E-state index contributed by atoms with van der Waals surface area (Å²) in [5, 5.41) is 3.86. The van der Waals surface area contributed by atoms with Crippen molar-refractivity contribution in [2.75, 3.05) is 0 Å². The number of azide groups is 1. The van der Waals surface area contributed by atoms with Crippen LogP contribution in [0.2, 0.25) is 0 Å². The maximum Gasteiger partial charge on any atom is 0.226 e. The Kier molecular flexibility index (Phi) is 5.98. The zero-order valence-corrected chi connectivity index (χ0v) is 20.7. The number of ketones is 1. The molecular weight excluding hydrogens is 400 g/mol. The van der Waals surface area contributed by atoms with E-state index in [-0.39, 0.29) is 34.6 Å². The predicted molar refractivity (Wildman–Crippen MR) is 125 cm³/mol. The van der Waals surface area contributed by atoms with Crippen LogP contribution in [0.15, 0.2) is 16.4 Å². The molecule has 6 heteroatoms. The van der Waals surface area contributed by atoms with Gasteiger partial charge in [-0.1, -0.05) is 24.5 Å². The van der Waals surface area contributed by atoms with E-state index in [1.807, 2.05) is 0 Å². The van der Waals surface area contributed by atoms with Crippen molar-refractivity contribution >= 4 is 11.7 Å². The summed E-state index contributed by atoms with van der Waals surface area (Å²) in [6.07, 6.45) is 7.57. The first kappa shape index (κ1) is 23.4. The van der Waals surface area contributed by atoms with Crippen LogP contribution in [0, 0.1) is 34.5 Å². The van der Waals surface area contributed by atoms with Crippen LogP contribution in [-0.4, -0.2) is 28.7 Å². The van der Waals surface area contributed by atoms with Crippen LogP contribution in [0.4, 0.5) is 0 Å². The molecule has 3 saturated carbocycles. The number of hydrogen-bond donors (Lipinski definition) is 0. The minimum absolute atomic E-state index is 0.0170. The standard InChI is InChI=1S/C26H40N4O2/c1-15(2)30(16(3)4)24(32)21-10-9-18-17-7-8-20-23(28-29-27)22(31)12-14-25(20,5)19(17)11-13-26(18,21)6/h15-19,21H,7-14H2,1-6H3/t17-,18-,19-,21+,25+,26-/m0/s1. The molecule has 0 unspecified atom stereocenters. The minimum Gasteiger partial charge on any atom is -0.338 e. The third-order valence-electron chi connectivity index (χ3n) is 9.90. The molecule has 0 bridgehead atoms. The largest absolute Gasteiger partial charge is 0.338 e. The summed E-state index contributed by atoms with van der Waals surface area (Å²) in [5.41, 5.74) is 10.6. The zero-order chi connectivity index (χ0) is 23.4. The Labute approximate surface area is 192 Å². The van der Waals surface area contributed by atoms with E-state index in [4.69, 9.17) is 5.53 Å². The van der Waals surface area contributed by atoms with Crippen LogP contribution < -0.4 is 0 Å². The van der Waals surface area contributed by atoms with Gasteiger partial charge in [0.25, 0.3) is 0 Å². The highest BCUT2D eigenvalue weighted by molar-refractivity contribution is 5.97. The van der Waals surface area contributed by atoms with E-state index >= 15 is 0 Å². The number of allylic oxidation sites excluding steroid dienone is 1. The SMILES string of the molecule is CC(C)N(C(=O)[C@H]1CC[C@H]2[C@@H]3CCC4=C(N=[N+]=[N-])C(=O)CC[C@]4(C)[C@H]3CC[C@]12C)C(C)C. The maximum atomic E-state index is 13.7. The molecule has 0 aromatic rings. The van der Waals surface area contributed by atoms with Gasteiger partial charge in [-0.15, -0.1) is 0 Å². The van der Waals surface area contributed by atoms with E-state index in [9.17, 15) is 9.59 Å². The van der Waals surface area contributed by atoms with E-state index in [1.165, 1.54) is 0 Å². The fourth-order valence-corrected chi connectivity index (χ4v) is 8.54. The van der Waals surface area contributed by atoms with Gasteiger partial charge in [-0.3, -0.25) is 9.59 Å². The molecule has 6 nitrogen and oxygen atoms in total. The van der Waals surface area contributed by atoms with Crippen molar-refractivity contribution in [2.24, 2.45) is 39.6 Å². The molecule has 0 aliphatic heterocycles. The van der Waals surface area contributed by atoms with Gasteiger partial charge < -0.3 is 4.90 Å². The van der Waals surface area contributed by atoms with E-state index in [0.29, 0.717) is 35.8 Å². The summed E-state index contributed by atoms with van der Waals surface area (Å²) in [6, 6.07) is 0.448. The van der Waals surface area contributed by atoms with Gasteiger partial charge in [0, 0.05) is 29.3 Å². The fourth-order valence-electron chi connectivity index (χ4n) is 8.54. The van der Waals surface area contributed by atoms with Crippen LogP contribution in [0.25, 0.3) is 10.4 Å². The second-order valence-corrected chi connectivity index (χ2v) is 11.9. The normalized spacial score (nSPS) is 38.8. The first-order valence-electron chi connectivity index (χ1n) is 12.7. The van der Waals surface area contributed by atoms with Crippen molar-refractivity contribution in [1.82, 2.24) is 4.90 Å².